The van der Waals surface area contributed by atoms with Crippen molar-refractivity contribution in [3.63, 3.8) is 0 Å². The summed E-state index contributed by atoms with van der Waals surface area (Å²) in [6, 6.07) is 15.2. The second-order valence-corrected chi connectivity index (χ2v) is 7.19. The third-order valence-electron chi connectivity index (χ3n) is 5.05. The second-order valence-electron chi connectivity index (χ2n) is 6.79. The molecule has 0 radical (unpaired) electrons. The van der Waals surface area contributed by atoms with Gasteiger partial charge in [0.1, 0.15) is 5.75 Å². The maximum Gasteiger partial charge on any atom is 0.255 e. The van der Waals surface area contributed by atoms with Gasteiger partial charge < -0.3 is 15.0 Å². The van der Waals surface area contributed by atoms with Gasteiger partial charge in [-0.25, -0.2) is 0 Å². The molecule has 0 aromatic heterocycles. The van der Waals surface area contributed by atoms with Gasteiger partial charge in [0.05, 0.1) is 18.7 Å². The van der Waals surface area contributed by atoms with Crippen LogP contribution in [0.4, 0.5) is 0 Å². The zero-order valence-corrected chi connectivity index (χ0v) is 16.6. The maximum absolute atomic E-state index is 12.7. The van der Waals surface area contributed by atoms with Crippen LogP contribution in [0.25, 0.3) is 0 Å². The summed E-state index contributed by atoms with van der Waals surface area (Å²) in [5.74, 6) is 0.433. The lowest BCUT2D eigenvalue weighted by Crippen LogP contribution is -2.48. The number of methoxy groups -OCH3 is 1. The SMILES string of the molecule is COc1ccccc1C(=O)NCC(c1ccccc1Cl)N1CCN(C)CC1. The van der Waals surface area contributed by atoms with Crippen molar-refractivity contribution in [2.45, 2.75) is 6.04 Å². The van der Waals surface area contributed by atoms with Crippen molar-refractivity contribution in [2.24, 2.45) is 0 Å². The number of nitrogens with one attached hydrogen (secondary N) is 1. The largest absolute Gasteiger partial charge is 0.496 e. The predicted molar refractivity (Wildman–Crippen MR) is 109 cm³/mol. The Hall–Kier alpha value is -2.08. The minimum atomic E-state index is -0.140. The average molecular weight is 388 g/mol. The van der Waals surface area contributed by atoms with Crippen molar-refractivity contribution < 1.29 is 9.53 Å². The second kappa shape index (κ2) is 9.22. The first-order valence-corrected chi connectivity index (χ1v) is 9.56. The van der Waals surface area contributed by atoms with E-state index in [1.54, 1.807) is 19.2 Å². The Balaban J connectivity index is 1.77. The van der Waals surface area contributed by atoms with Crippen LogP contribution in [0, 0.1) is 0 Å². The van der Waals surface area contributed by atoms with Crippen LogP contribution < -0.4 is 10.1 Å². The van der Waals surface area contributed by atoms with Crippen molar-refractivity contribution in [1.82, 2.24) is 15.1 Å². The molecule has 1 amide bonds. The van der Waals surface area contributed by atoms with Gasteiger partial charge in [-0.2, -0.15) is 0 Å². The van der Waals surface area contributed by atoms with Crippen LogP contribution in [-0.2, 0) is 0 Å². The van der Waals surface area contributed by atoms with E-state index in [0.29, 0.717) is 17.9 Å². The highest BCUT2D eigenvalue weighted by Crippen LogP contribution is 2.28. The van der Waals surface area contributed by atoms with Gasteiger partial charge in [0.2, 0.25) is 0 Å². The number of benzene rings is 2. The van der Waals surface area contributed by atoms with Crippen molar-refractivity contribution in [1.29, 1.82) is 0 Å². The van der Waals surface area contributed by atoms with Gasteiger partial charge in [0.25, 0.3) is 5.91 Å². The molecule has 1 heterocycles. The number of carbonyl (C=O) groups is 1. The highest BCUT2D eigenvalue weighted by molar-refractivity contribution is 6.31. The zero-order chi connectivity index (χ0) is 19.2. The summed E-state index contributed by atoms with van der Waals surface area (Å²) < 4.78 is 5.31. The molecule has 27 heavy (non-hydrogen) atoms. The molecule has 0 spiro atoms. The summed E-state index contributed by atoms with van der Waals surface area (Å²) in [6.07, 6.45) is 0. The van der Waals surface area contributed by atoms with Gasteiger partial charge >= 0.3 is 0 Å². The highest BCUT2D eigenvalue weighted by Gasteiger charge is 2.26. The van der Waals surface area contributed by atoms with E-state index in [1.165, 1.54) is 0 Å². The van der Waals surface area contributed by atoms with Crippen molar-refractivity contribution >= 4 is 17.5 Å². The molecule has 3 rings (SSSR count). The van der Waals surface area contributed by atoms with Gasteiger partial charge in [-0.05, 0) is 30.8 Å². The fraction of sp³-hybridized carbons (Fsp3) is 0.381. The van der Waals surface area contributed by atoms with Gasteiger partial charge in [-0.3, -0.25) is 9.69 Å². The first-order valence-electron chi connectivity index (χ1n) is 9.18. The first-order chi connectivity index (χ1) is 13.1. The molecule has 0 bridgehead atoms. The number of likely N-dealkylation sites (N-methyl/N-ethyl adjacent to an activating group) is 1. The predicted octanol–water partition coefficient (Wildman–Crippen LogP) is 3.07. The molecule has 5 nitrogen and oxygen atoms in total. The number of halogens is 1. The third-order valence-corrected chi connectivity index (χ3v) is 5.39. The van der Waals surface area contributed by atoms with E-state index in [-0.39, 0.29) is 11.9 Å². The van der Waals surface area contributed by atoms with Crippen LogP contribution in [0.5, 0.6) is 5.75 Å². The van der Waals surface area contributed by atoms with Crippen LogP contribution in [0.15, 0.2) is 48.5 Å². The summed E-state index contributed by atoms with van der Waals surface area (Å²) in [5, 5.41) is 3.80. The number of hydrogen-bond acceptors (Lipinski definition) is 4. The standard InChI is InChI=1S/C21H26ClN3O2/c1-24-11-13-25(14-12-24)19(16-7-3-5-9-18(16)22)15-23-21(26)17-8-4-6-10-20(17)27-2/h3-10,19H,11-15H2,1-2H3,(H,23,26). The Kier molecular flexibility index (Phi) is 6.72. The van der Waals surface area contributed by atoms with Crippen LogP contribution in [-0.4, -0.2) is 62.6 Å². The van der Waals surface area contributed by atoms with Crippen molar-refractivity contribution in [2.75, 3.05) is 46.9 Å². The molecule has 1 atom stereocenters. The summed E-state index contributed by atoms with van der Waals surface area (Å²) in [5.41, 5.74) is 1.58. The molecule has 1 aliphatic rings. The molecule has 2 aromatic rings. The first kappa shape index (κ1) is 19.7. The molecule has 0 saturated carbocycles. The van der Waals surface area contributed by atoms with Gasteiger partial charge in [0, 0.05) is 37.7 Å². The van der Waals surface area contributed by atoms with Gasteiger partial charge in [-0.1, -0.05) is 41.9 Å². The van der Waals surface area contributed by atoms with Gasteiger partial charge in [-0.15, -0.1) is 0 Å². The van der Waals surface area contributed by atoms with Crippen LogP contribution in [0.3, 0.4) is 0 Å². The molecule has 144 valence electrons. The maximum atomic E-state index is 12.7. The Morgan fingerprint density at radius 3 is 2.48 bits per heavy atom. The highest BCUT2D eigenvalue weighted by atomic mass is 35.5. The summed E-state index contributed by atoms with van der Waals surface area (Å²) in [4.78, 5) is 17.4. The molecule has 1 aliphatic heterocycles. The van der Waals surface area contributed by atoms with E-state index in [4.69, 9.17) is 16.3 Å². The number of nitrogens with zero attached hydrogens (tertiary/aromatic N) is 2. The summed E-state index contributed by atoms with van der Waals surface area (Å²) in [7, 11) is 3.70. The monoisotopic (exact) mass is 387 g/mol. The fourth-order valence-electron chi connectivity index (χ4n) is 3.43. The number of carbonyl (C=O) groups excluding carboxylic acids is 1. The molecular weight excluding hydrogens is 362 g/mol. The van der Waals surface area contributed by atoms with E-state index in [0.717, 1.165) is 36.8 Å². The number of amides is 1. The molecule has 2 aromatic carbocycles. The van der Waals surface area contributed by atoms with Crippen LogP contribution in [0.2, 0.25) is 5.02 Å². The Morgan fingerprint density at radius 2 is 1.78 bits per heavy atom. The minimum absolute atomic E-state index is 0.0334. The van der Waals surface area contributed by atoms with E-state index in [9.17, 15) is 4.79 Å². The quantitative estimate of drug-likeness (QED) is 0.827. The van der Waals surface area contributed by atoms with Gasteiger partial charge in [0.15, 0.2) is 0 Å². The number of ether oxygens (including phenoxy) is 1. The molecular formula is C21H26ClN3O2. The summed E-state index contributed by atoms with van der Waals surface area (Å²) in [6.45, 7) is 4.38. The van der Waals surface area contributed by atoms with Crippen molar-refractivity contribution in [3.8, 4) is 5.75 Å². The average Bonchev–Trinajstić information content (AvgIpc) is 2.70. The Labute approximate surface area is 165 Å². The molecule has 1 saturated heterocycles. The number of rotatable bonds is 6. The molecule has 6 heteroatoms. The normalized spacial score (nSPS) is 16.7. The lowest BCUT2D eigenvalue weighted by molar-refractivity contribution is 0.0884. The van der Waals surface area contributed by atoms with E-state index >= 15 is 0 Å². The van der Waals surface area contributed by atoms with E-state index in [1.807, 2.05) is 36.4 Å². The summed E-state index contributed by atoms with van der Waals surface area (Å²) >= 11 is 6.48. The third kappa shape index (κ3) is 4.80. The van der Waals surface area contributed by atoms with E-state index in [2.05, 4.69) is 22.2 Å². The number of para-hydroxylation sites is 1. The molecule has 0 aliphatic carbocycles. The Morgan fingerprint density at radius 1 is 1.11 bits per heavy atom. The molecule has 1 unspecified atom stereocenters. The number of piperazine rings is 1. The molecule has 1 N–H and O–H groups in total. The Bertz CT molecular complexity index is 776. The topological polar surface area (TPSA) is 44.8 Å². The lowest BCUT2D eigenvalue weighted by Gasteiger charge is -2.38. The van der Waals surface area contributed by atoms with Crippen LogP contribution in [0.1, 0.15) is 22.0 Å². The lowest BCUT2D eigenvalue weighted by atomic mass is 10.0. The smallest absolute Gasteiger partial charge is 0.255 e. The fourth-order valence-corrected chi connectivity index (χ4v) is 3.69. The van der Waals surface area contributed by atoms with Crippen LogP contribution >= 0.6 is 11.6 Å². The minimum Gasteiger partial charge on any atom is -0.496 e. The van der Waals surface area contributed by atoms with Crippen molar-refractivity contribution in [3.05, 3.63) is 64.7 Å². The number of hydrogen-bond donors (Lipinski definition) is 1. The zero-order valence-electron chi connectivity index (χ0n) is 15.8. The van der Waals surface area contributed by atoms with E-state index < -0.39 is 0 Å². The molecule has 1 fully saturated rings.